The highest BCUT2D eigenvalue weighted by Gasteiger charge is 2.29. The summed E-state index contributed by atoms with van der Waals surface area (Å²) < 4.78 is 28.1. The summed E-state index contributed by atoms with van der Waals surface area (Å²) in [5.41, 5.74) is 0.800. The van der Waals surface area contributed by atoms with Gasteiger partial charge in [-0.05, 0) is 49.6 Å². The zero-order valence-electron chi connectivity index (χ0n) is 15.6. The molecule has 1 N–H and O–H groups in total. The van der Waals surface area contributed by atoms with E-state index in [4.69, 9.17) is 11.6 Å². The minimum absolute atomic E-state index is 0.0349. The number of rotatable bonds is 6. The van der Waals surface area contributed by atoms with E-state index in [0.29, 0.717) is 15.7 Å². The molecule has 1 aromatic heterocycles. The van der Waals surface area contributed by atoms with Crippen molar-refractivity contribution in [3.63, 3.8) is 0 Å². The topological polar surface area (TPSA) is 65.8 Å². The van der Waals surface area contributed by atoms with Crippen LogP contribution in [0.4, 0.5) is 13.9 Å². The molecule has 0 bridgehead atoms. The Labute approximate surface area is 180 Å². The summed E-state index contributed by atoms with van der Waals surface area (Å²) in [7, 11) is 0. The fraction of sp³-hybridized carbons (Fsp3) is 0.190. The van der Waals surface area contributed by atoms with Crippen LogP contribution in [0.5, 0.6) is 0 Å². The van der Waals surface area contributed by atoms with Crippen LogP contribution in [0.3, 0.4) is 0 Å². The normalized spacial score (nSPS) is 14.1. The standard InChI is InChI=1S/C21H16ClF2N3O2S/c22-14-4-1-3-12(9-14)18-19(24)30-21(26-18)27(16-5-2-6-16)25-11-13-7-8-15(23)10-17(13)20(28)29/h1,3-4,7-11,16H,2,5-6H2,(H,28,29)/b25-11+. The molecule has 30 heavy (non-hydrogen) atoms. The maximum Gasteiger partial charge on any atom is 0.336 e. The van der Waals surface area contributed by atoms with Crippen molar-refractivity contribution in [2.45, 2.75) is 25.3 Å². The highest BCUT2D eigenvalue weighted by Crippen LogP contribution is 2.37. The van der Waals surface area contributed by atoms with Crippen LogP contribution in [0.15, 0.2) is 47.6 Å². The highest BCUT2D eigenvalue weighted by atomic mass is 35.5. The third-order valence-electron chi connectivity index (χ3n) is 4.86. The second-order valence-electron chi connectivity index (χ2n) is 6.84. The van der Waals surface area contributed by atoms with Gasteiger partial charge in [0.05, 0.1) is 17.8 Å². The van der Waals surface area contributed by atoms with Gasteiger partial charge in [-0.15, -0.1) is 0 Å². The Bertz CT molecular complexity index is 1130. The van der Waals surface area contributed by atoms with Crippen LogP contribution in [0.1, 0.15) is 35.2 Å². The lowest BCUT2D eigenvalue weighted by atomic mass is 9.93. The molecule has 1 saturated carbocycles. The highest BCUT2D eigenvalue weighted by molar-refractivity contribution is 7.14. The van der Waals surface area contributed by atoms with Gasteiger partial charge in [0.1, 0.15) is 11.5 Å². The minimum atomic E-state index is -1.25. The molecule has 4 rings (SSSR count). The number of hydrazone groups is 1. The fourth-order valence-electron chi connectivity index (χ4n) is 3.08. The molecule has 9 heteroatoms. The molecule has 1 fully saturated rings. The van der Waals surface area contributed by atoms with Gasteiger partial charge < -0.3 is 5.11 Å². The fourth-order valence-corrected chi connectivity index (χ4v) is 4.12. The third-order valence-corrected chi connectivity index (χ3v) is 5.92. The Balaban J connectivity index is 1.69. The van der Waals surface area contributed by atoms with Gasteiger partial charge in [0.25, 0.3) is 0 Å². The number of halogens is 3. The molecule has 0 atom stereocenters. The summed E-state index contributed by atoms with van der Waals surface area (Å²) in [6.07, 6.45) is 4.09. The van der Waals surface area contributed by atoms with Crippen molar-refractivity contribution in [2.75, 3.05) is 5.01 Å². The van der Waals surface area contributed by atoms with Gasteiger partial charge in [-0.2, -0.15) is 9.49 Å². The average Bonchev–Trinajstić information content (AvgIpc) is 3.05. The SMILES string of the molecule is O=C(O)c1cc(F)ccc1/C=N/N(c1nc(-c2cccc(Cl)c2)c(F)s1)C1CCC1. The van der Waals surface area contributed by atoms with Crippen molar-refractivity contribution in [3.05, 3.63) is 69.6 Å². The zero-order chi connectivity index (χ0) is 21.3. The van der Waals surface area contributed by atoms with E-state index in [1.54, 1.807) is 29.3 Å². The number of aromatic carboxylic acids is 1. The van der Waals surface area contributed by atoms with Crippen molar-refractivity contribution in [3.8, 4) is 11.3 Å². The first-order valence-electron chi connectivity index (χ1n) is 9.20. The molecule has 154 valence electrons. The number of carbonyl (C=O) groups is 1. The summed E-state index contributed by atoms with van der Waals surface area (Å²) in [5.74, 6) is -1.90. The lowest BCUT2D eigenvalue weighted by Gasteiger charge is -2.33. The number of hydrogen-bond acceptors (Lipinski definition) is 5. The number of nitrogens with zero attached hydrogens (tertiary/aromatic N) is 3. The predicted octanol–water partition coefficient (Wildman–Crippen LogP) is 5.83. The van der Waals surface area contributed by atoms with Crippen LogP contribution in [0, 0.1) is 10.9 Å². The van der Waals surface area contributed by atoms with Crippen molar-refractivity contribution in [1.29, 1.82) is 0 Å². The Morgan fingerprint density at radius 3 is 2.73 bits per heavy atom. The first-order chi connectivity index (χ1) is 14.4. The lowest BCUT2D eigenvalue weighted by molar-refractivity contribution is 0.0696. The number of carboxylic acid groups (broad SMARTS) is 1. The van der Waals surface area contributed by atoms with Crippen molar-refractivity contribution in [1.82, 2.24) is 4.98 Å². The van der Waals surface area contributed by atoms with Crippen LogP contribution in [0.2, 0.25) is 5.02 Å². The Morgan fingerprint density at radius 1 is 1.27 bits per heavy atom. The molecule has 0 aliphatic heterocycles. The van der Waals surface area contributed by atoms with Crippen LogP contribution in [-0.4, -0.2) is 28.3 Å². The molecule has 0 amide bonds. The zero-order valence-corrected chi connectivity index (χ0v) is 17.1. The number of hydrogen-bond donors (Lipinski definition) is 1. The van der Waals surface area contributed by atoms with Crippen molar-refractivity contribution < 1.29 is 18.7 Å². The molecular weight excluding hydrogens is 432 g/mol. The van der Waals surface area contributed by atoms with Gasteiger partial charge in [0, 0.05) is 16.1 Å². The molecule has 0 spiro atoms. The first-order valence-corrected chi connectivity index (χ1v) is 10.4. The summed E-state index contributed by atoms with van der Waals surface area (Å²) in [4.78, 5) is 15.8. The maximum absolute atomic E-state index is 14.7. The smallest absolute Gasteiger partial charge is 0.336 e. The van der Waals surface area contributed by atoms with Crippen LogP contribution < -0.4 is 5.01 Å². The summed E-state index contributed by atoms with van der Waals surface area (Å²) in [6.45, 7) is 0. The molecule has 0 saturated heterocycles. The second-order valence-corrected chi connectivity index (χ2v) is 8.20. The van der Waals surface area contributed by atoms with E-state index in [0.717, 1.165) is 36.7 Å². The van der Waals surface area contributed by atoms with E-state index in [1.807, 2.05) is 0 Å². The van der Waals surface area contributed by atoms with Gasteiger partial charge in [-0.3, -0.25) is 0 Å². The monoisotopic (exact) mass is 447 g/mol. The van der Waals surface area contributed by atoms with Crippen LogP contribution in [-0.2, 0) is 0 Å². The molecule has 1 aliphatic carbocycles. The van der Waals surface area contributed by atoms with Gasteiger partial charge in [0.2, 0.25) is 10.3 Å². The minimum Gasteiger partial charge on any atom is -0.478 e. The van der Waals surface area contributed by atoms with Crippen molar-refractivity contribution in [2.24, 2.45) is 5.10 Å². The summed E-state index contributed by atoms with van der Waals surface area (Å²) in [5, 5.41) is 15.7. The van der Waals surface area contributed by atoms with Gasteiger partial charge >= 0.3 is 5.97 Å². The molecule has 3 aromatic rings. The average molecular weight is 448 g/mol. The number of aromatic nitrogens is 1. The number of anilines is 1. The number of carboxylic acids is 1. The van der Waals surface area contributed by atoms with Gasteiger partial charge in [-0.25, -0.2) is 19.2 Å². The summed E-state index contributed by atoms with van der Waals surface area (Å²) >= 11 is 6.88. The Kier molecular flexibility index (Phi) is 5.78. The first kappa shape index (κ1) is 20.4. The molecule has 5 nitrogen and oxygen atoms in total. The number of thiazole rings is 1. The summed E-state index contributed by atoms with van der Waals surface area (Å²) in [6, 6.07) is 10.3. The maximum atomic E-state index is 14.7. The van der Waals surface area contributed by atoms with E-state index in [-0.39, 0.29) is 22.9 Å². The van der Waals surface area contributed by atoms with Gasteiger partial charge in [-0.1, -0.05) is 35.1 Å². The second kappa shape index (κ2) is 8.49. The lowest BCUT2D eigenvalue weighted by Crippen LogP contribution is -2.36. The Hall–Kier alpha value is -2.84. The van der Waals surface area contributed by atoms with Crippen LogP contribution in [0.25, 0.3) is 11.3 Å². The molecule has 0 radical (unpaired) electrons. The molecule has 2 aromatic carbocycles. The van der Waals surface area contributed by atoms with E-state index in [9.17, 15) is 18.7 Å². The Morgan fingerprint density at radius 2 is 2.07 bits per heavy atom. The van der Waals surface area contributed by atoms with E-state index in [2.05, 4.69) is 10.1 Å². The largest absolute Gasteiger partial charge is 0.478 e. The number of benzene rings is 2. The van der Waals surface area contributed by atoms with Gasteiger partial charge in [0.15, 0.2) is 0 Å². The molecule has 1 heterocycles. The predicted molar refractivity (Wildman–Crippen MR) is 114 cm³/mol. The molecule has 1 aliphatic rings. The third kappa shape index (κ3) is 4.20. The van der Waals surface area contributed by atoms with Crippen LogP contribution >= 0.6 is 22.9 Å². The van der Waals surface area contributed by atoms with E-state index >= 15 is 0 Å². The molecule has 0 unspecified atom stereocenters. The van der Waals surface area contributed by atoms with E-state index < -0.39 is 16.9 Å². The van der Waals surface area contributed by atoms with Crippen molar-refractivity contribution >= 4 is 40.3 Å². The van der Waals surface area contributed by atoms with E-state index in [1.165, 1.54) is 18.3 Å². The quantitative estimate of drug-likeness (QED) is 0.381. The molecular formula is C21H16ClF2N3O2S.